The Morgan fingerprint density at radius 2 is 2.00 bits per heavy atom. The fourth-order valence-corrected chi connectivity index (χ4v) is 3.10. The molecular weight excluding hydrogens is 378 g/mol. The molecule has 0 aliphatic rings. The van der Waals surface area contributed by atoms with E-state index in [0.29, 0.717) is 15.3 Å². The van der Waals surface area contributed by atoms with Gasteiger partial charge in [0.25, 0.3) is 0 Å². The molecule has 0 radical (unpaired) electrons. The van der Waals surface area contributed by atoms with Crippen molar-refractivity contribution in [2.45, 2.75) is 12.3 Å². The highest BCUT2D eigenvalue weighted by atomic mass is 79.9. The number of nitrogens with zero attached hydrogens (tertiary/aromatic N) is 2. The highest BCUT2D eigenvalue weighted by Crippen LogP contribution is 2.32. The van der Waals surface area contributed by atoms with Crippen LogP contribution < -0.4 is 0 Å². The fraction of sp³-hybridized carbons (Fsp3) is 0.133. The molecule has 0 aliphatic carbocycles. The lowest BCUT2D eigenvalue weighted by molar-refractivity contribution is 0.626. The fourth-order valence-electron chi connectivity index (χ4n) is 2.25. The lowest BCUT2D eigenvalue weighted by Gasteiger charge is -2.12. The van der Waals surface area contributed by atoms with E-state index >= 15 is 0 Å². The van der Waals surface area contributed by atoms with E-state index in [0.717, 1.165) is 16.7 Å². The van der Waals surface area contributed by atoms with E-state index in [1.165, 1.54) is 12.1 Å². The number of halogens is 4. The monoisotopic (exact) mass is 386 g/mol. The average Bonchev–Trinajstić information content (AvgIpc) is 2.77. The molecule has 1 atom stereocenters. The van der Waals surface area contributed by atoms with Crippen LogP contribution in [0.5, 0.6) is 0 Å². The first-order valence-electron chi connectivity index (χ1n) is 6.25. The molecule has 2 aromatic carbocycles. The average molecular weight is 388 g/mol. The molecule has 2 nitrogen and oxygen atoms in total. The third kappa shape index (κ3) is 2.68. The van der Waals surface area contributed by atoms with Crippen molar-refractivity contribution in [2.75, 3.05) is 0 Å². The summed E-state index contributed by atoms with van der Waals surface area (Å²) in [5.74, 6) is 0.375. The first-order chi connectivity index (χ1) is 9.97. The van der Waals surface area contributed by atoms with Gasteiger partial charge in [-0.3, -0.25) is 4.57 Å². The van der Waals surface area contributed by atoms with E-state index in [4.69, 9.17) is 23.2 Å². The van der Waals surface area contributed by atoms with Crippen molar-refractivity contribution in [1.82, 2.24) is 9.55 Å². The Labute approximate surface area is 139 Å². The van der Waals surface area contributed by atoms with Crippen LogP contribution >= 0.6 is 39.1 Å². The molecule has 1 unspecified atom stereocenters. The van der Waals surface area contributed by atoms with Crippen molar-refractivity contribution in [3.05, 3.63) is 57.5 Å². The smallest absolute Gasteiger partial charge is 0.132 e. The molecule has 0 amide bonds. The third-order valence-electron chi connectivity index (χ3n) is 3.15. The van der Waals surface area contributed by atoms with Gasteiger partial charge in [0.05, 0.1) is 22.1 Å². The predicted molar refractivity (Wildman–Crippen MR) is 88.0 cm³/mol. The maximum Gasteiger partial charge on any atom is 0.132 e. The lowest BCUT2D eigenvalue weighted by Crippen LogP contribution is -2.03. The number of hydrogen-bond donors (Lipinski definition) is 0. The van der Waals surface area contributed by atoms with Gasteiger partial charge in [0.15, 0.2) is 0 Å². The van der Waals surface area contributed by atoms with E-state index in [1.54, 1.807) is 18.2 Å². The first kappa shape index (κ1) is 14.8. The summed E-state index contributed by atoms with van der Waals surface area (Å²) in [7, 11) is 0. The standard InChI is InChI=1S/C15H10BrCl2FN2/c1-8(17)15-20-12-6-9(18)2-4-14(12)21(15)13-5-3-10(19)7-11(13)16/h2-8H,1H3. The van der Waals surface area contributed by atoms with E-state index in [9.17, 15) is 4.39 Å². The largest absolute Gasteiger partial charge is 0.294 e. The zero-order valence-corrected chi connectivity index (χ0v) is 14.0. The van der Waals surface area contributed by atoms with Crippen LogP contribution in [0.3, 0.4) is 0 Å². The van der Waals surface area contributed by atoms with Crippen LogP contribution in [0.2, 0.25) is 5.02 Å². The van der Waals surface area contributed by atoms with E-state index < -0.39 is 0 Å². The molecule has 21 heavy (non-hydrogen) atoms. The van der Waals surface area contributed by atoms with Crippen LogP contribution in [0.15, 0.2) is 40.9 Å². The summed E-state index contributed by atoms with van der Waals surface area (Å²) in [5, 5.41) is 0.312. The zero-order chi connectivity index (χ0) is 15.1. The Morgan fingerprint density at radius 3 is 2.67 bits per heavy atom. The second-order valence-corrected chi connectivity index (χ2v) is 6.60. The SMILES string of the molecule is CC(Cl)c1nc2cc(Cl)ccc2n1-c1ccc(F)cc1Br. The van der Waals surface area contributed by atoms with Crippen molar-refractivity contribution in [1.29, 1.82) is 0 Å². The van der Waals surface area contributed by atoms with Gasteiger partial charge >= 0.3 is 0 Å². The summed E-state index contributed by atoms with van der Waals surface area (Å²) in [6, 6.07) is 9.97. The Kier molecular flexibility index (Phi) is 3.95. The minimum absolute atomic E-state index is 0.298. The maximum absolute atomic E-state index is 13.3. The Bertz CT molecular complexity index is 830. The van der Waals surface area contributed by atoms with Gasteiger partial charge in [0.1, 0.15) is 11.6 Å². The van der Waals surface area contributed by atoms with Gasteiger partial charge in [-0.05, 0) is 59.3 Å². The van der Waals surface area contributed by atoms with Crippen LogP contribution in [0.4, 0.5) is 4.39 Å². The Balaban J connectivity index is 2.36. The second-order valence-electron chi connectivity index (χ2n) is 4.65. The van der Waals surface area contributed by atoms with Crippen LogP contribution in [0.1, 0.15) is 18.1 Å². The van der Waals surface area contributed by atoms with Gasteiger partial charge in [-0.2, -0.15) is 0 Å². The molecule has 3 rings (SSSR count). The zero-order valence-electron chi connectivity index (χ0n) is 10.9. The van der Waals surface area contributed by atoms with Gasteiger partial charge in [-0.1, -0.05) is 11.6 Å². The number of hydrogen-bond acceptors (Lipinski definition) is 1. The molecule has 0 bridgehead atoms. The van der Waals surface area contributed by atoms with Crippen molar-refractivity contribution in [2.24, 2.45) is 0 Å². The number of aromatic nitrogens is 2. The van der Waals surface area contributed by atoms with Crippen LogP contribution in [-0.4, -0.2) is 9.55 Å². The summed E-state index contributed by atoms with van der Waals surface area (Å²) < 4.78 is 15.9. The number of alkyl halides is 1. The highest BCUT2D eigenvalue weighted by Gasteiger charge is 2.18. The van der Waals surface area contributed by atoms with Crippen molar-refractivity contribution in [3.63, 3.8) is 0 Å². The number of imidazole rings is 1. The highest BCUT2D eigenvalue weighted by molar-refractivity contribution is 9.10. The van der Waals surface area contributed by atoms with E-state index in [2.05, 4.69) is 20.9 Å². The normalized spacial score (nSPS) is 12.8. The van der Waals surface area contributed by atoms with Gasteiger partial charge in [-0.25, -0.2) is 9.37 Å². The topological polar surface area (TPSA) is 17.8 Å². The summed E-state index contributed by atoms with van der Waals surface area (Å²) in [6.07, 6.45) is 0. The first-order valence-corrected chi connectivity index (χ1v) is 7.85. The third-order valence-corrected chi connectivity index (χ3v) is 4.21. The molecule has 0 aliphatic heterocycles. The number of fused-ring (bicyclic) bond motifs is 1. The Morgan fingerprint density at radius 1 is 1.24 bits per heavy atom. The Hall–Kier alpha value is -1.10. The molecule has 0 saturated heterocycles. The van der Waals surface area contributed by atoms with Crippen LogP contribution in [0, 0.1) is 5.82 Å². The molecular formula is C15H10BrCl2FN2. The molecule has 1 aromatic heterocycles. The molecule has 3 aromatic rings. The number of benzene rings is 2. The van der Waals surface area contributed by atoms with Gasteiger partial charge in [0, 0.05) is 9.50 Å². The molecule has 0 N–H and O–H groups in total. The van der Waals surface area contributed by atoms with E-state index in [1.807, 2.05) is 17.6 Å². The van der Waals surface area contributed by atoms with Crippen LogP contribution in [-0.2, 0) is 0 Å². The van der Waals surface area contributed by atoms with Crippen molar-refractivity contribution < 1.29 is 4.39 Å². The summed E-state index contributed by atoms with van der Waals surface area (Å²) >= 11 is 15.7. The molecule has 6 heteroatoms. The van der Waals surface area contributed by atoms with Crippen LogP contribution in [0.25, 0.3) is 16.7 Å². The minimum atomic E-state index is -0.307. The van der Waals surface area contributed by atoms with E-state index in [-0.39, 0.29) is 11.2 Å². The van der Waals surface area contributed by atoms with Gasteiger partial charge in [0.2, 0.25) is 0 Å². The maximum atomic E-state index is 13.3. The summed E-state index contributed by atoms with van der Waals surface area (Å²) in [5.41, 5.74) is 2.40. The molecule has 0 saturated carbocycles. The quantitative estimate of drug-likeness (QED) is 0.502. The minimum Gasteiger partial charge on any atom is -0.294 e. The van der Waals surface area contributed by atoms with Gasteiger partial charge in [-0.15, -0.1) is 11.6 Å². The molecule has 0 fully saturated rings. The summed E-state index contributed by atoms with van der Waals surface area (Å²) in [6.45, 7) is 1.85. The number of rotatable bonds is 2. The van der Waals surface area contributed by atoms with Crippen molar-refractivity contribution in [3.8, 4) is 5.69 Å². The summed E-state index contributed by atoms with van der Waals surface area (Å²) in [4.78, 5) is 4.54. The molecule has 108 valence electrons. The second kappa shape index (κ2) is 5.59. The van der Waals surface area contributed by atoms with Gasteiger partial charge < -0.3 is 0 Å². The molecule has 0 spiro atoms. The predicted octanol–water partition coefficient (Wildman–Crippen LogP) is 5.88. The van der Waals surface area contributed by atoms with Crippen molar-refractivity contribution >= 4 is 50.2 Å². The molecule has 1 heterocycles. The lowest BCUT2D eigenvalue weighted by atomic mass is 10.2.